The van der Waals surface area contributed by atoms with E-state index in [0.29, 0.717) is 18.6 Å². The largest absolute Gasteiger partial charge is 0.489 e. The number of rotatable bonds is 6. The maximum absolute atomic E-state index is 11.0. The number of hydrogen-bond acceptors (Lipinski definition) is 4. The minimum absolute atomic E-state index is 0.225. The van der Waals surface area contributed by atoms with Gasteiger partial charge in [-0.1, -0.05) is 41.9 Å². The zero-order valence-electron chi connectivity index (χ0n) is 19.3. The van der Waals surface area contributed by atoms with Gasteiger partial charge in [0.15, 0.2) is 0 Å². The maximum atomic E-state index is 11.0. The van der Waals surface area contributed by atoms with Crippen LogP contribution in [0.15, 0.2) is 48.5 Å². The van der Waals surface area contributed by atoms with Gasteiger partial charge in [-0.2, -0.15) is 0 Å². The van der Waals surface area contributed by atoms with Crippen molar-refractivity contribution < 1.29 is 9.84 Å². The summed E-state index contributed by atoms with van der Waals surface area (Å²) in [5.41, 5.74) is 2.35. The van der Waals surface area contributed by atoms with Crippen molar-refractivity contribution in [1.29, 1.82) is 0 Å². The molecule has 1 heterocycles. The molecule has 4 rings (SSSR count). The minimum atomic E-state index is -0.225. The molecule has 0 amide bonds. The normalized spacial score (nSPS) is 25.8. The van der Waals surface area contributed by atoms with Crippen LogP contribution in [0, 0.1) is 5.92 Å². The second-order valence-corrected chi connectivity index (χ2v) is 10.0. The highest BCUT2D eigenvalue weighted by molar-refractivity contribution is 6.30. The first kappa shape index (κ1) is 23.6. The van der Waals surface area contributed by atoms with Crippen LogP contribution in [0.2, 0.25) is 5.02 Å². The van der Waals surface area contributed by atoms with Crippen LogP contribution in [-0.4, -0.2) is 60.3 Å². The van der Waals surface area contributed by atoms with Crippen LogP contribution in [0.5, 0.6) is 5.75 Å². The Morgan fingerprint density at radius 2 is 1.78 bits per heavy atom. The third-order valence-electron chi connectivity index (χ3n) is 7.18. The monoisotopic (exact) mass is 456 g/mol. The third kappa shape index (κ3) is 6.48. The molecule has 32 heavy (non-hydrogen) atoms. The Hall–Kier alpha value is -1.59. The van der Waals surface area contributed by atoms with Crippen LogP contribution in [0.1, 0.15) is 43.2 Å². The van der Waals surface area contributed by atoms with E-state index in [0.717, 1.165) is 74.6 Å². The number of halogens is 1. The molecule has 0 bridgehead atoms. The molecule has 4 nitrogen and oxygen atoms in total. The number of hydrogen-bond donors (Lipinski definition) is 1. The SMILES string of the molecule is CN1CCCN([C@H]2CCC(Cc3cc(Cl)ccc3OCc3ccccc3)CC[C@@H]2O)CC1. The van der Waals surface area contributed by atoms with Gasteiger partial charge >= 0.3 is 0 Å². The Labute approximate surface area is 198 Å². The van der Waals surface area contributed by atoms with Gasteiger partial charge in [-0.25, -0.2) is 0 Å². The van der Waals surface area contributed by atoms with E-state index < -0.39 is 0 Å². The topological polar surface area (TPSA) is 35.9 Å². The first-order valence-electron chi connectivity index (χ1n) is 12.1. The Kier molecular flexibility index (Phi) is 8.48. The van der Waals surface area contributed by atoms with Crippen molar-refractivity contribution in [3.05, 3.63) is 64.7 Å². The van der Waals surface area contributed by atoms with Gasteiger partial charge in [-0.15, -0.1) is 0 Å². The Bertz CT molecular complexity index is 847. The fraction of sp³-hybridized carbons (Fsp3) is 0.556. The Morgan fingerprint density at radius 1 is 0.969 bits per heavy atom. The highest BCUT2D eigenvalue weighted by Gasteiger charge is 2.31. The highest BCUT2D eigenvalue weighted by Crippen LogP contribution is 2.33. The molecule has 1 saturated carbocycles. The molecule has 1 N–H and O–H groups in total. The summed E-state index contributed by atoms with van der Waals surface area (Å²) in [7, 11) is 2.20. The Balaban J connectivity index is 1.39. The average Bonchev–Trinajstić information content (AvgIpc) is 3.12. The van der Waals surface area contributed by atoms with Gasteiger partial charge in [-0.3, -0.25) is 4.90 Å². The van der Waals surface area contributed by atoms with Gasteiger partial charge in [0, 0.05) is 24.2 Å². The summed E-state index contributed by atoms with van der Waals surface area (Å²) in [6, 6.07) is 16.5. The molecule has 174 valence electrons. The fourth-order valence-electron chi connectivity index (χ4n) is 5.26. The van der Waals surface area contributed by atoms with E-state index in [1.54, 1.807) is 0 Å². The van der Waals surface area contributed by atoms with E-state index in [1.807, 2.05) is 30.3 Å². The summed E-state index contributed by atoms with van der Waals surface area (Å²) in [5, 5.41) is 11.7. The molecule has 2 aromatic rings. The smallest absolute Gasteiger partial charge is 0.123 e. The Morgan fingerprint density at radius 3 is 2.62 bits per heavy atom. The number of aliphatic hydroxyl groups excluding tert-OH is 1. The van der Waals surface area contributed by atoms with E-state index in [-0.39, 0.29) is 6.10 Å². The summed E-state index contributed by atoms with van der Waals surface area (Å²) in [6.45, 7) is 4.97. The molecule has 1 saturated heterocycles. The quantitative estimate of drug-likeness (QED) is 0.619. The average molecular weight is 457 g/mol. The van der Waals surface area contributed by atoms with Crippen molar-refractivity contribution >= 4 is 11.6 Å². The standard InChI is InChI=1S/C27H37ClN2O2/c1-29-14-5-15-30(17-16-29)25-11-8-21(9-12-26(25)31)18-23-19-24(28)10-13-27(23)32-20-22-6-3-2-4-7-22/h2-4,6-7,10,13,19,21,25-26,31H,5,8-9,11-12,14-18,20H2,1H3/t21?,25-,26-/m0/s1. The molecule has 2 aliphatic rings. The number of benzene rings is 2. The molecule has 3 atom stereocenters. The van der Waals surface area contributed by atoms with Crippen LogP contribution < -0.4 is 4.74 Å². The van der Waals surface area contributed by atoms with Crippen LogP contribution in [-0.2, 0) is 13.0 Å². The van der Waals surface area contributed by atoms with Gasteiger partial charge in [0.1, 0.15) is 12.4 Å². The van der Waals surface area contributed by atoms with Crippen molar-refractivity contribution in [1.82, 2.24) is 9.80 Å². The molecule has 1 aliphatic carbocycles. The predicted octanol–water partition coefficient (Wildman–Crippen LogP) is 5.02. The maximum Gasteiger partial charge on any atom is 0.123 e. The lowest BCUT2D eigenvalue weighted by Gasteiger charge is -2.33. The van der Waals surface area contributed by atoms with Crippen LogP contribution in [0.25, 0.3) is 0 Å². The van der Waals surface area contributed by atoms with E-state index in [2.05, 4.69) is 35.0 Å². The van der Waals surface area contributed by atoms with Crippen LogP contribution in [0.3, 0.4) is 0 Å². The van der Waals surface area contributed by atoms with E-state index in [1.165, 1.54) is 12.0 Å². The van der Waals surface area contributed by atoms with Gasteiger partial charge in [0.2, 0.25) is 0 Å². The lowest BCUT2D eigenvalue weighted by atomic mass is 9.92. The van der Waals surface area contributed by atoms with Gasteiger partial charge in [0.25, 0.3) is 0 Å². The number of likely N-dealkylation sites (N-methyl/N-ethyl adjacent to an activating group) is 1. The third-order valence-corrected chi connectivity index (χ3v) is 7.41. The van der Waals surface area contributed by atoms with Crippen molar-refractivity contribution in [2.75, 3.05) is 33.2 Å². The highest BCUT2D eigenvalue weighted by atomic mass is 35.5. The summed E-state index contributed by atoms with van der Waals surface area (Å²) < 4.78 is 6.19. The van der Waals surface area contributed by atoms with Gasteiger partial charge < -0.3 is 14.7 Å². The molecule has 0 spiro atoms. The molecule has 0 aromatic heterocycles. The second kappa shape index (κ2) is 11.5. The molecule has 2 aromatic carbocycles. The zero-order chi connectivity index (χ0) is 22.3. The predicted molar refractivity (Wildman–Crippen MR) is 131 cm³/mol. The van der Waals surface area contributed by atoms with Crippen LogP contribution in [0.4, 0.5) is 0 Å². The van der Waals surface area contributed by atoms with Crippen molar-refractivity contribution in [2.24, 2.45) is 5.92 Å². The van der Waals surface area contributed by atoms with Gasteiger partial charge in [0.05, 0.1) is 6.10 Å². The van der Waals surface area contributed by atoms with E-state index >= 15 is 0 Å². The molecule has 1 aliphatic heterocycles. The molecule has 5 heteroatoms. The van der Waals surface area contributed by atoms with Crippen molar-refractivity contribution in [3.63, 3.8) is 0 Å². The second-order valence-electron chi connectivity index (χ2n) is 9.58. The summed E-state index contributed by atoms with van der Waals surface area (Å²) in [6.07, 6.45) is 6.05. The first-order valence-corrected chi connectivity index (χ1v) is 12.5. The zero-order valence-corrected chi connectivity index (χ0v) is 20.0. The molecule has 0 radical (unpaired) electrons. The molecular weight excluding hydrogens is 420 g/mol. The van der Waals surface area contributed by atoms with Crippen molar-refractivity contribution in [2.45, 2.75) is 57.3 Å². The summed E-state index contributed by atoms with van der Waals surface area (Å²) in [5.74, 6) is 1.47. The lowest BCUT2D eigenvalue weighted by Crippen LogP contribution is -2.44. The van der Waals surface area contributed by atoms with Gasteiger partial charge in [-0.05, 0) is 93.9 Å². The molecule has 2 fully saturated rings. The van der Waals surface area contributed by atoms with E-state index in [9.17, 15) is 5.11 Å². The van der Waals surface area contributed by atoms with E-state index in [4.69, 9.17) is 16.3 Å². The fourth-order valence-corrected chi connectivity index (χ4v) is 5.46. The lowest BCUT2D eigenvalue weighted by molar-refractivity contribution is 0.0463. The number of ether oxygens (including phenoxy) is 1. The van der Waals surface area contributed by atoms with Crippen molar-refractivity contribution in [3.8, 4) is 5.75 Å². The molecule has 1 unspecified atom stereocenters. The minimum Gasteiger partial charge on any atom is -0.489 e. The summed E-state index contributed by atoms with van der Waals surface area (Å²) >= 11 is 6.35. The van der Waals surface area contributed by atoms with Crippen LogP contribution >= 0.6 is 11.6 Å². The summed E-state index contributed by atoms with van der Waals surface area (Å²) in [4.78, 5) is 4.95. The first-order chi connectivity index (χ1) is 15.6. The molecular formula is C27H37ClN2O2. The number of nitrogens with zero attached hydrogens (tertiary/aromatic N) is 2. The number of aliphatic hydroxyl groups is 1.